The Balaban J connectivity index is 2.82. The minimum atomic E-state index is -0.443. The number of aliphatic hydroxyl groups excluding tert-OH is 1. The first-order valence-electron chi connectivity index (χ1n) is 4.60. The Labute approximate surface area is 79.4 Å². The molecule has 0 aromatic heterocycles. The van der Waals surface area contributed by atoms with Gasteiger partial charge in [0.2, 0.25) is 0 Å². The van der Waals surface area contributed by atoms with Gasteiger partial charge < -0.3 is 10.8 Å². The first-order chi connectivity index (χ1) is 6.15. The molecule has 0 radical (unpaired) electrons. The summed E-state index contributed by atoms with van der Waals surface area (Å²) >= 11 is 0. The van der Waals surface area contributed by atoms with Gasteiger partial charge in [-0.15, -0.1) is 0 Å². The standard InChI is InChI=1S/C11H17NO/c1-8-4-3-5-10(6-8)9(2)11(13)7-12/h3-6,9,11,13H,7,12H2,1-2H3. The molecular formula is C11H17NO. The van der Waals surface area contributed by atoms with E-state index in [0.717, 1.165) is 5.56 Å². The van der Waals surface area contributed by atoms with Crippen LogP contribution in [0.5, 0.6) is 0 Å². The van der Waals surface area contributed by atoms with Crippen LogP contribution in [0.1, 0.15) is 24.0 Å². The molecule has 0 aliphatic rings. The Morgan fingerprint density at radius 2 is 2.15 bits per heavy atom. The molecule has 13 heavy (non-hydrogen) atoms. The van der Waals surface area contributed by atoms with Crippen LogP contribution in [0.2, 0.25) is 0 Å². The quantitative estimate of drug-likeness (QED) is 0.737. The molecule has 0 aliphatic heterocycles. The second-order valence-electron chi connectivity index (χ2n) is 3.51. The summed E-state index contributed by atoms with van der Waals surface area (Å²) in [6.45, 7) is 4.35. The molecule has 2 nitrogen and oxygen atoms in total. The van der Waals surface area contributed by atoms with Crippen molar-refractivity contribution in [3.8, 4) is 0 Å². The molecule has 72 valence electrons. The van der Waals surface area contributed by atoms with Crippen LogP contribution in [0.3, 0.4) is 0 Å². The van der Waals surface area contributed by atoms with E-state index in [1.54, 1.807) is 0 Å². The summed E-state index contributed by atoms with van der Waals surface area (Å²) < 4.78 is 0. The van der Waals surface area contributed by atoms with Gasteiger partial charge >= 0.3 is 0 Å². The maximum atomic E-state index is 9.55. The number of nitrogens with two attached hydrogens (primary N) is 1. The van der Waals surface area contributed by atoms with E-state index in [2.05, 4.69) is 6.07 Å². The summed E-state index contributed by atoms with van der Waals surface area (Å²) in [5, 5.41) is 9.55. The van der Waals surface area contributed by atoms with Crippen molar-refractivity contribution in [3.05, 3.63) is 35.4 Å². The van der Waals surface area contributed by atoms with Gasteiger partial charge in [-0.3, -0.25) is 0 Å². The lowest BCUT2D eigenvalue weighted by Crippen LogP contribution is -2.25. The highest BCUT2D eigenvalue weighted by Gasteiger charge is 2.13. The first kappa shape index (κ1) is 10.2. The highest BCUT2D eigenvalue weighted by molar-refractivity contribution is 5.25. The van der Waals surface area contributed by atoms with Crippen LogP contribution in [0.25, 0.3) is 0 Å². The zero-order valence-corrected chi connectivity index (χ0v) is 8.20. The second-order valence-corrected chi connectivity index (χ2v) is 3.51. The number of hydrogen-bond donors (Lipinski definition) is 2. The van der Waals surface area contributed by atoms with Gasteiger partial charge in [-0.05, 0) is 12.5 Å². The van der Waals surface area contributed by atoms with Gasteiger partial charge in [0, 0.05) is 12.5 Å². The van der Waals surface area contributed by atoms with E-state index in [1.165, 1.54) is 5.56 Å². The molecule has 0 amide bonds. The van der Waals surface area contributed by atoms with Crippen molar-refractivity contribution in [2.75, 3.05) is 6.54 Å². The molecule has 0 spiro atoms. The molecule has 0 fully saturated rings. The highest BCUT2D eigenvalue weighted by Crippen LogP contribution is 2.19. The lowest BCUT2D eigenvalue weighted by Gasteiger charge is -2.17. The third kappa shape index (κ3) is 2.54. The molecule has 0 aliphatic carbocycles. The Hall–Kier alpha value is -0.860. The molecule has 0 bridgehead atoms. The van der Waals surface area contributed by atoms with Crippen LogP contribution in [0.4, 0.5) is 0 Å². The van der Waals surface area contributed by atoms with Crippen molar-refractivity contribution in [2.45, 2.75) is 25.9 Å². The molecule has 3 N–H and O–H groups in total. The van der Waals surface area contributed by atoms with Crippen LogP contribution in [0, 0.1) is 6.92 Å². The topological polar surface area (TPSA) is 46.2 Å². The first-order valence-corrected chi connectivity index (χ1v) is 4.60. The summed E-state index contributed by atoms with van der Waals surface area (Å²) in [6.07, 6.45) is -0.443. The number of benzene rings is 1. The van der Waals surface area contributed by atoms with Gasteiger partial charge in [0.05, 0.1) is 6.10 Å². The molecule has 0 heterocycles. The van der Waals surface area contributed by atoms with E-state index in [-0.39, 0.29) is 5.92 Å². The Kier molecular flexibility index (Phi) is 3.46. The Morgan fingerprint density at radius 1 is 1.46 bits per heavy atom. The summed E-state index contributed by atoms with van der Waals surface area (Å²) in [6, 6.07) is 8.16. The Morgan fingerprint density at radius 3 is 2.69 bits per heavy atom. The fraction of sp³-hybridized carbons (Fsp3) is 0.455. The lowest BCUT2D eigenvalue weighted by atomic mass is 9.94. The van der Waals surface area contributed by atoms with Crippen molar-refractivity contribution in [1.82, 2.24) is 0 Å². The van der Waals surface area contributed by atoms with E-state index in [4.69, 9.17) is 5.73 Å². The fourth-order valence-electron chi connectivity index (χ4n) is 1.38. The van der Waals surface area contributed by atoms with Gasteiger partial charge in [0.1, 0.15) is 0 Å². The third-order valence-electron chi connectivity index (χ3n) is 2.39. The van der Waals surface area contributed by atoms with Gasteiger partial charge in [0.15, 0.2) is 0 Å². The molecule has 0 saturated heterocycles. The van der Waals surface area contributed by atoms with Crippen LogP contribution < -0.4 is 5.73 Å². The third-order valence-corrected chi connectivity index (χ3v) is 2.39. The molecule has 2 unspecified atom stereocenters. The summed E-state index contributed by atoms with van der Waals surface area (Å²) in [4.78, 5) is 0. The van der Waals surface area contributed by atoms with Gasteiger partial charge in [-0.25, -0.2) is 0 Å². The van der Waals surface area contributed by atoms with Crippen LogP contribution in [-0.2, 0) is 0 Å². The zero-order chi connectivity index (χ0) is 9.84. The predicted octanol–water partition coefficient (Wildman–Crippen LogP) is 1.42. The van der Waals surface area contributed by atoms with Crippen molar-refractivity contribution >= 4 is 0 Å². The molecule has 1 aromatic carbocycles. The van der Waals surface area contributed by atoms with Crippen molar-refractivity contribution in [1.29, 1.82) is 0 Å². The second kappa shape index (κ2) is 4.40. The van der Waals surface area contributed by atoms with Crippen LogP contribution >= 0.6 is 0 Å². The maximum Gasteiger partial charge on any atom is 0.0728 e. The molecule has 1 aromatic rings. The van der Waals surface area contributed by atoms with E-state index < -0.39 is 6.10 Å². The van der Waals surface area contributed by atoms with E-state index in [0.29, 0.717) is 6.54 Å². The van der Waals surface area contributed by atoms with Crippen molar-refractivity contribution in [2.24, 2.45) is 5.73 Å². The van der Waals surface area contributed by atoms with Gasteiger partial charge in [0.25, 0.3) is 0 Å². The van der Waals surface area contributed by atoms with Crippen molar-refractivity contribution < 1.29 is 5.11 Å². The largest absolute Gasteiger partial charge is 0.391 e. The monoisotopic (exact) mass is 179 g/mol. The minimum absolute atomic E-state index is 0.116. The Bertz CT molecular complexity index is 273. The molecule has 2 atom stereocenters. The molecule has 1 rings (SSSR count). The fourth-order valence-corrected chi connectivity index (χ4v) is 1.38. The lowest BCUT2D eigenvalue weighted by molar-refractivity contribution is 0.157. The average molecular weight is 179 g/mol. The number of aryl methyl sites for hydroxylation is 1. The van der Waals surface area contributed by atoms with E-state index in [1.807, 2.05) is 32.0 Å². The SMILES string of the molecule is Cc1cccc(C(C)C(O)CN)c1. The highest BCUT2D eigenvalue weighted by atomic mass is 16.3. The number of aliphatic hydroxyl groups is 1. The average Bonchev–Trinajstić information content (AvgIpc) is 2.15. The molecule has 0 saturated carbocycles. The molecular weight excluding hydrogens is 162 g/mol. The van der Waals surface area contributed by atoms with Crippen LogP contribution in [-0.4, -0.2) is 17.8 Å². The zero-order valence-electron chi connectivity index (χ0n) is 8.20. The van der Waals surface area contributed by atoms with Gasteiger partial charge in [-0.2, -0.15) is 0 Å². The van der Waals surface area contributed by atoms with Gasteiger partial charge in [-0.1, -0.05) is 36.8 Å². The van der Waals surface area contributed by atoms with Crippen LogP contribution in [0.15, 0.2) is 24.3 Å². The number of hydrogen-bond acceptors (Lipinski definition) is 2. The minimum Gasteiger partial charge on any atom is -0.391 e. The summed E-state index contributed by atoms with van der Waals surface area (Å²) in [5.41, 5.74) is 7.77. The summed E-state index contributed by atoms with van der Waals surface area (Å²) in [5.74, 6) is 0.116. The smallest absolute Gasteiger partial charge is 0.0728 e. The normalized spacial score (nSPS) is 15.4. The molecule has 2 heteroatoms. The van der Waals surface area contributed by atoms with Crippen molar-refractivity contribution in [3.63, 3.8) is 0 Å². The maximum absolute atomic E-state index is 9.55. The van der Waals surface area contributed by atoms with E-state index >= 15 is 0 Å². The summed E-state index contributed by atoms with van der Waals surface area (Å²) in [7, 11) is 0. The predicted molar refractivity (Wildman–Crippen MR) is 54.7 cm³/mol. The number of rotatable bonds is 3. The van der Waals surface area contributed by atoms with E-state index in [9.17, 15) is 5.11 Å².